The van der Waals surface area contributed by atoms with Crippen molar-refractivity contribution in [3.63, 3.8) is 0 Å². The summed E-state index contributed by atoms with van der Waals surface area (Å²) in [7, 11) is 6.32. The molecule has 1 N–H and O–H groups in total. The summed E-state index contributed by atoms with van der Waals surface area (Å²) < 4.78 is 2.25. The van der Waals surface area contributed by atoms with Crippen LogP contribution in [0.25, 0.3) is 11.0 Å². The molecule has 0 atom stereocenters. The summed E-state index contributed by atoms with van der Waals surface area (Å²) in [5.74, 6) is 0.941. The van der Waals surface area contributed by atoms with E-state index < -0.39 is 0 Å². The van der Waals surface area contributed by atoms with Crippen LogP contribution in [-0.4, -0.2) is 42.2 Å². The van der Waals surface area contributed by atoms with E-state index in [1.807, 2.05) is 7.05 Å². The maximum atomic E-state index is 6.04. The lowest BCUT2D eigenvalue weighted by Gasteiger charge is -2.25. The molecule has 0 saturated heterocycles. The van der Waals surface area contributed by atoms with Crippen LogP contribution in [0.2, 0.25) is 5.28 Å². The topological polar surface area (TPSA) is 38.4 Å². The smallest absolute Gasteiger partial charge is 0.225 e. The summed E-state index contributed by atoms with van der Waals surface area (Å²) >= 11 is 6.04. The Hall–Kier alpha value is -1.33. The highest BCUT2D eigenvalue weighted by Crippen LogP contribution is 2.31. The van der Waals surface area contributed by atoms with Crippen LogP contribution in [0.1, 0.15) is 5.56 Å². The highest BCUT2D eigenvalue weighted by molar-refractivity contribution is 6.28. The van der Waals surface area contributed by atoms with E-state index in [1.54, 1.807) is 0 Å². The molecule has 1 aliphatic heterocycles. The van der Waals surface area contributed by atoms with Gasteiger partial charge in [0.1, 0.15) is 17.6 Å². The number of halogens is 1. The fourth-order valence-electron chi connectivity index (χ4n) is 2.54. The van der Waals surface area contributed by atoms with Gasteiger partial charge >= 0.3 is 0 Å². The molecule has 0 radical (unpaired) electrons. The van der Waals surface area contributed by atoms with Gasteiger partial charge in [0.05, 0.1) is 19.7 Å². The van der Waals surface area contributed by atoms with Gasteiger partial charge in [0, 0.05) is 26.3 Å². The van der Waals surface area contributed by atoms with E-state index in [-0.39, 0.29) is 0 Å². The predicted octanol–water partition coefficient (Wildman–Crippen LogP) is 0.179. The van der Waals surface area contributed by atoms with Crippen LogP contribution in [0.3, 0.4) is 0 Å². The largest absolute Gasteiger partial charge is 0.356 e. The molecule has 0 fully saturated rings. The third kappa shape index (κ3) is 1.74. The summed E-state index contributed by atoms with van der Waals surface area (Å²) in [5, 5.41) is 0.332. The Bertz CT molecular complexity index is 604. The van der Waals surface area contributed by atoms with Crippen molar-refractivity contribution < 1.29 is 4.90 Å². The van der Waals surface area contributed by atoms with Gasteiger partial charge in [-0.2, -0.15) is 4.98 Å². The van der Waals surface area contributed by atoms with Crippen molar-refractivity contribution in [1.82, 2.24) is 14.5 Å². The molecule has 2 aromatic heterocycles. The molecule has 1 aliphatic rings. The maximum absolute atomic E-state index is 6.04. The van der Waals surface area contributed by atoms with Crippen molar-refractivity contribution in [2.24, 2.45) is 0 Å². The summed E-state index contributed by atoms with van der Waals surface area (Å²) in [6.45, 7) is 2.88. The molecule has 0 amide bonds. The van der Waals surface area contributed by atoms with Crippen molar-refractivity contribution >= 4 is 28.5 Å². The minimum Gasteiger partial charge on any atom is -0.356 e. The van der Waals surface area contributed by atoms with Crippen LogP contribution >= 0.6 is 11.6 Å². The van der Waals surface area contributed by atoms with E-state index in [1.165, 1.54) is 10.5 Å². The van der Waals surface area contributed by atoms with Gasteiger partial charge in [-0.25, -0.2) is 4.98 Å². The fraction of sp³-hybridized carbons (Fsp3) is 0.500. The van der Waals surface area contributed by atoms with E-state index >= 15 is 0 Å². The van der Waals surface area contributed by atoms with Crippen molar-refractivity contribution in [3.05, 3.63) is 17.0 Å². The molecule has 0 saturated carbocycles. The normalized spacial score (nSPS) is 14.8. The van der Waals surface area contributed by atoms with E-state index in [2.05, 4.69) is 39.7 Å². The van der Waals surface area contributed by atoms with Gasteiger partial charge in [0.2, 0.25) is 5.28 Å². The summed E-state index contributed by atoms with van der Waals surface area (Å²) in [6.07, 6.45) is 2.19. The number of anilines is 1. The number of aromatic nitrogens is 3. The van der Waals surface area contributed by atoms with Crippen LogP contribution in [-0.2, 0) is 13.1 Å². The summed E-state index contributed by atoms with van der Waals surface area (Å²) in [5.41, 5.74) is 3.35. The second kappa shape index (κ2) is 4.10. The van der Waals surface area contributed by atoms with E-state index in [9.17, 15) is 0 Å². The number of likely N-dealkylation sites (N-methyl/N-ethyl adjacent to an activating group) is 1. The van der Waals surface area contributed by atoms with Crippen LogP contribution < -0.4 is 9.80 Å². The van der Waals surface area contributed by atoms with Gasteiger partial charge in [0.25, 0.3) is 0 Å². The number of hydrogen-bond acceptors (Lipinski definition) is 3. The molecule has 96 valence electrons. The zero-order chi connectivity index (χ0) is 12.9. The molecule has 0 aromatic carbocycles. The third-order valence-corrected chi connectivity index (χ3v) is 3.49. The Morgan fingerprint density at radius 3 is 2.83 bits per heavy atom. The zero-order valence-electron chi connectivity index (χ0n) is 10.9. The second-order valence-electron chi connectivity index (χ2n) is 5.17. The fourth-order valence-corrected chi connectivity index (χ4v) is 2.70. The summed E-state index contributed by atoms with van der Waals surface area (Å²) in [4.78, 5) is 12.3. The first kappa shape index (κ1) is 11.7. The van der Waals surface area contributed by atoms with Crippen molar-refractivity contribution in [3.8, 4) is 0 Å². The average molecular weight is 267 g/mol. The number of quaternary nitrogens is 1. The van der Waals surface area contributed by atoms with Gasteiger partial charge in [-0.3, -0.25) is 0 Å². The van der Waals surface area contributed by atoms with E-state index in [0.29, 0.717) is 5.28 Å². The highest BCUT2D eigenvalue weighted by atomic mass is 35.5. The van der Waals surface area contributed by atoms with Crippen LogP contribution in [0.15, 0.2) is 6.20 Å². The molecule has 6 heteroatoms. The first-order valence-corrected chi connectivity index (χ1v) is 6.49. The number of rotatable bonds is 2. The Balaban J connectivity index is 2.27. The standard InChI is InChI=1S/C12H16ClN5/c1-16(2)6-8-7-18-5-4-17(3)11-10(18)9(8)14-12(13)15-11/h7H,4-6H2,1-3H3/p+1. The predicted molar refractivity (Wildman–Crippen MR) is 72.3 cm³/mol. The molecule has 0 spiro atoms. The Morgan fingerprint density at radius 2 is 2.11 bits per heavy atom. The zero-order valence-corrected chi connectivity index (χ0v) is 11.6. The van der Waals surface area contributed by atoms with Crippen LogP contribution in [0.5, 0.6) is 0 Å². The van der Waals surface area contributed by atoms with Gasteiger partial charge in [-0.05, 0) is 11.6 Å². The Kier molecular flexibility index (Phi) is 2.68. The quantitative estimate of drug-likeness (QED) is 0.788. The number of nitrogens with zero attached hydrogens (tertiary/aromatic N) is 4. The molecule has 0 unspecified atom stereocenters. The minimum absolute atomic E-state index is 0.332. The molecule has 5 nitrogen and oxygen atoms in total. The van der Waals surface area contributed by atoms with Crippen molar-refractivity contribution in [1.29, 1.82) is 0 Å². The Morgan fingerprint density at radius 1 is 1.33 bits per heavy atom. The van der Waals surface area contributed by atoms with Crippen molar-refractivity contribution in [2.45, 2.75) is 13.1 Å². The monoisotopic (exact) mass is 266 g/mol. The molecular weight excluding hydrogens is 250 g/mol. The molecular formula is C12H17ClN5+. The first-order chi connectivity index (χ1) is 8.56. The summed E-state index contributed by atoms with van der Waals surface area (Å²) in [6, 6.07) is 0. The van der Waals surface area contributed by atoms with Gasteiger partial charge < -0.3 is 14.4 Å². The molecule has 2 aromatic rings. The first-order valence-electron chi connectivity index (χ1n) is 6.11. The lowest BCUT2D eigenvalue weighted by molar-refractivity contribution is -0.872. The second-order valence-corrected chi connectivity index (χ2v) is 5.50. The van der Waals surface area contributed by atoms with Gasteiger partial charge in [0.15, 0.2) is 5.82 Å². The molecule has 3 heterocycles. The number of nitrogens with one attached hydrogen (secondary N) is 1. The third-order valence-electron chi connectivity index (χ3n) is 3.32. The molecule has 18 heavy (non-hydrogen) atoms. The SMILES string of the molecule is CN1CCn2cc(C[NH+](C)C)c3nc(Cl)nc1c32. The Labute approximate surface area is 111 Å². The molecule has 3 rings (SSSR count). The van der Waals surface area contributed by atoms with Gasteiger partial charge in [-0.1, -0.05) is 0 Å². The maximum Gasteiger partial charge on any atom is 0.225 e. The average Bonchev–Trinajstić information content (AvgIpc) is 2.62. The highest BCUT2D eigenvalue weighted by Gasteiger charge is 2.23. The van der Waals surface area contributed by atoms with E-state index in [0.717, 1.165) is 36.5 Å². The lowest BCUT2D eigenvalue weighted by atomic mass is 10.2. The van der Waals surface area contributed by atoms with E-state index in [4.69, 9.17) is 11.6 Å². The minimum atomic E-state index is 0.332. The lowest BCUT2D eigenvalue weighted by Crippen LogP contribution is -3.04. The van der Waals surface area contributed by atoms with Gasteiger partial charge in [-0.15, -0.1) is 0 Å². The van der Waals surface area contributed by atoms with Crippen molar-refractivity contribution in [2.75, 3.05) is 32.6 Å². The van der Waals surface area contributed by atoms with Crippen LogP contribution in [0.4, 0.5) is 5.82 Å². The molecule has 0 bridgehead atoms. The number of hydrogen-bond donors (Lipinski definition) is 1. The van der Waals surface area contributed by atoms with Crippen LogP contribution in [0, 0.1) is 0 Å². The molecule has 0 aliphatic carbocycles.